The number of halogens is 4. The highest BCUT2D eigenvalue weighted by atomic mass is 35.5. The van der Waals surface area contributed by atoms with Crippen molar-refractivity contribution in [3.05, 3.63) is 64.7 Å². The monoisotopic (exact) mass is 404 g/mol. The van der Waals surface area contributed by atoms with E-state index in [1.807, 2.05) is 24.3 Å². The molecule has 0 fully saturated rings. The van der Waals surface area contributed by atoms with Gasteiger partial charge in [-0.2, -0.15) is 24.9 Å². The zero-order chi connectivity index (χ0) is 18.3. The predicted octanol–water partition coefficient (Wildman–Crippen LogP) is 5.58. The number of alkyl halides is 3. The van der Waals surface area contributed by atoms with Crippen LogP contribution in [0.25, 0.3) is 0 Å². The van der Waals surface area contributed by atoms with Gasteiger partial charge in [-0.05, 0) is 48.1 Å². The van der Waals surface area contributed by atoms with E-state index in [0.717, 1.165) is 29.2 Å². The summed E-state index contributed by atoms with van der Waals surface area (Å²) < 4.78 is 38.0. The molecule has 25 heavy (non-hydrogen) atoms. The maximum atomic E-state index is 12.7. The molecule has 0 aliphatic rings. The molecule has 8 heteroatoms. The normalized spacial score (nSPS) is 11.2. The maximum absolute atomic E-state index is 12.7. The lowest BCUT2D eigenvalue weighted by atomic mass is 10.2. The van der Waals surface area contributed by atoms with E-state index < -0.39 is 11.7 Å². The summed E-state index contributed by atoms with van der Waals surface area (Å²) in [4.78, 5) is 0. The SMILES string of the molecule is FC(F)(F)c1cccc(NC(=S)NCCSCc2cccc(Cl)c2)c1. The first-order chi connectivity index (χ1) is 11.8. The fourth-order valence-corrected chi connectivity index (χ4v) is 3.24. The molecule has 2 N–H and O–H groups in total. The Kier molecular flexibility index (Phi) is 7.40. The van der Waals surface area contributed by atoms with Crippen LogP contribution in [0.15, 0.2) is 48.5 Å². The molecule has 0 bridgehead atoms. The third-order valence-corrected chi connectivity index (χ3v) is 4.65. The highest BCUT2D eigenvalue weighted by molar-refractivity contribution is 7.98. The van der Waals surface area contributed by atoms with Crippen LogP contribution in [0.1, 0.15) is 11.1 Å². The Hall–Kier alpha value is -1.44. The van der Waals surface area contributed by atoms with Crippen molar-refractivity contribution in [1.29, 1.82) is 0 Å². The quantitative estimate of drug-likeness (QED) is 0.485. The summed E-state index contributed by atoms with van der Waals surface area (Å²) >= 11 is 12.7. The number of nitrogens with one attached hydrogen (secondary N) is 2. The van der Waals surface area contributed by atoms with Gasteiger partial charge in [-0.1, -0.05) is 29.8 Å². The van der Waals surface area contributed by atoms with Crippen molar-refractivity contribution in [2.75, 3.05) is 17.6 Å². The van der Waals surface area contributed by atoms with Crippen LogP contribution in [-0.4, -0.2) is 17.4 Å². The second-order valence-corrected chi connectivity index (χ2v) is 7.09. The van der Waals surface area contributed by atoms with E-state index in [2.05, 4.69) is 10.6 Å². The molecule has 0 aromatic heterocycles. The van der Waals surface area contributed by atoms with Gasteiger partial charge < -0.3 is 10.6 Å². The highest BCUT2D eigenvalue weighted by Crippen LogP contribution is 2.30. The molecule has 0 heterocycles. The van der Waals surface area contributed by atoms with Gasteiger partial charge in [-0.3, -0.25) is 0 Å². The topological polar surface area (TPSA) is 24.1 Å². The Morgan fingerprint density at radius 1 is 1.12 bits per heavy atom. The number of thiocarbonyl (C=S) groups is 1. The molecule has 2 aromatic rings. The molecule has 0 amide bonds. The Labute approximate surface area is 159 Å². The van der Waals surface area contributed by atoms with Crippen LogP contribution < -0.4 is 10.6 Å². The smallest absolute Gasteiger partial charge is 0.362 e. The van der Waals surface area contributed by atoms with Gasteiger partial charge >= 0.3 is 6.18 Å². The molecular weight excluding hydrogens is 389 g/mol. The van der Waals surface area contributed by atoms with Crippen molar-refractivity contribution in [3.63, 3.8) is 0 Å². The summed E-state index contributed by atoms with van der Waals surface area (Å²) in [5.41, 5.74) is 0.735. The standard InChI is InChI=1S/C17H16ClF3N2S2/c18-14-5-1-3-12(9-14)11-25-8-7-22-16(24)23-15-6-2-4-13(10-15)17(19,20)21/h1-6,9-10H,7-8,11H2,(H2,22,23,24). The van der Waals surface area contributed by atoms with Crippen LogP contribution in [0, 0.1) is 0 Å². The van der Waals surface area contributed by atoms with Gasteiger partial charge in [0.2, 0.25) is 0 Å². The molecule has 134 valence electrons. The lowest BCUT2D eigenvalue weighted by Gasteiger charge is -2.12. The van der Waals surface area contributed by atoms with Gasteiger partial charge in [-0.15, -0.1) is 0 Å². The summed E-state index contributed by atoms with van der Waals surface area (Å²) in [6, 6.07) is 12.6. The lowest BCUT2D eigenvalue weighted by Crippen LogP contribution is -2.30. The third-order valence-electron chi connectivity index (χ3n) is 3.14. The van der Waals surface area contributed by atoms with E-state index in [1.54, 1.807) is 11.8 Å². The van der Waals surface area contributed by atoms with Crippen LogP contribution in [0.4, 0.5) is 18.9 Å². The fraction of sp³-hybridized carbons (Fsp3) is 0.235. The van der Waals surface area contributed by atoms with Crippen molar-refractivity contribution in [2.24, 2.45) is 0 Å². The van der Waals surface area contributed by atoms with Crippen molar-refractivity contribution >= 4 is 46.4 Å². The zero-order valence-electron chi connectivity index (χ0n) is 13.1. The number of thioether (sulfide) groups is 1. The second-order valence-electron chi connectivity index (χ2n) is 5.14. The number of anilines is 1. The molecule has 2 rings (SSSR count). The summed E-state index contributed by atoms with van der Waals surface area (Å²) in [5.74, 6) is 1.63. The Balaban J connectivity index is 1.71. The summed E-state index contributed by atoms with van der Waals surface area (Å²) in [7, 11) is 0. The Bertz CT molecular complexity index is 723. The largest absolute Gasteiger partial charge is 0.416 e. The van der Waals surface area contributed by atoms with Crippen molar-refractivity contribution in [2.45, 2.75) is 11.9 Å². The van der Waals surface area contributed by atoms with Crippen molar-refractivity contribution in [1.82, 2.24) is 5.32 Å². The lowest BCUT2D eigenvalue weighted by molar-refractivity contribution is -0.137. The maximum Gasteiger partial charge on any atom is 0.416 e. The van der Waals surface area contributed by atoms with Gasteiger partial charge in [0.05, 0.1) is 5.56 Å². The molecule has 0 radical (unpaired) electrons. The Morgan fingerprint density at radius 3 is 2.60 bits per heavy atom. The average Bonchev–Trinajstić information content (AvgIpc) is 2.54. The summed E-state index contributed by atoms with van der Waals surface area (Å²) in [6.07, 6.45) is -4.37. The third kappa shape index (κ3) is 7.13. The molecule has 0 atom stereocenters. The first-order valence-corrected chi connectivity index (χ1v) is 9.33. The van der Waals surface area contributed by atoms with E-state index in [0.29, 0.717) is 22.4 Å². The first-order valence-electron chi connectivity index (χ1n) is 7.39. The number of benzene rings is 2. The first kappa shape index (κ1) is 19.9. The van der Waals surface area contributed by atoms with E-state index in [1.165, 1.54) is 12.1 Å². The number of hydrogen-bond acceptors (Lipinski definition) is 2. The van der Waals surface area contributed by atoms with Crippen molar-refractivity contribution in [3.8, 4) is 0 Å². The molecule has 2 aromatic carbocycles. The zero-order valence-corrected chi connectivity index (χ0v) is 15.5. The van der Waals surface area contributed by atoms with Crippen LogP contribution in [0.5, 0.6) is 0 Å². The second kappa shape index (κ2) is 9.31. The molecule has 0 aliphatic heterocycles. The van der Waals surface area contributed by atoms with Crippen molar-refractivity contribution < 1.29 is 13.2 Å². The van der Waals surface area contributed by atoms with E-state index in [9.17, 15) is 13.2 Å². The van der Waals surface area contributed by atoms with E-state index in [4.69, 9.17) is 23.8 Å². The summed E-state index contributed by atoms with van der Waals surface area (Å²) in [5, 5.41) is 6.75. The van der Waals surface area contributed by atoms with Gasteiger partial charge in [0.15, 0.2) is 5.11 Å². The molecule has 2 nitrogen and oxygen atoms in total. The predicted molar refractivity (Wildman–Crippen MR) is 103 cm³/mol. The molecule has 0 saturated carbocycles. The van der Waals surface area contributed by atoms with Crippen LogP contribution in [0.3, 0.4) is 0 Å². The average molecular weight is 405 g/mol. The van der Waals surface area contributed by atoms with Gasteiger partial charge in [-0.25, -0.2) is 0 Å². The van der Waals surface area contributed by atoms with Gasteiger partial charge in [0.25, 0.3) is 0 Å². The van der Waals surface area contributed by atoms with Gasteiger partial charge in [0.1, 0.15) is 0 Å². The minimum absolute atomic E-state index is 0.294. The molecule has 0 unspecified atom stereocenters. The van der Waals surface area contributed by atoms with Crippen LogP contribution in [0.2, 0.25) is 5.02 Å². The number of rotatable bonds is 6. The molecular formula is C17H16ClF3N2S2. The molecule has 0 aliphatic carbocycles. The van der Waals surface area contributed by atoms with Crippen LogP contribution in [-0.2, 0) is 11.9 Å². The fourth-order valence-electron chi connectivity index (χ4n) is 2.00. The Morgan fingerprint density at radius 2 is 1.88 bits per heavy atom. The highest BCUT2D eigenvalue weighted by Gasteiger charge is 2.30. The summed E-state index contributed by atoms with van der Waals surface area (Å²) in [6.45, 7) is 0.607. The molecule has 0 saturated heterocycles. The van der Waals surface area contributed by atoms with E-state index >= 15 is 0 Å². The van der Waals surface area contributed by atoms with Crippen LogP contribution >= 0.6 is 35.6 Å². The number of hydrogen-bond donors (Lipinski definition) is 2. The minimum Gasteiger partial charge on any atom is -0.362 e. The van der Waals surface area contributed by atoms with Gasteiger partial charge in [0, 0.05) is 28.8 Å². The van der Waals surface area contributed by atoms with E-state index in [-0.39, 0.29) is 0 Å². The molecule has 0 spiro atoms. The minimum atomic E-state index is -4.37.